The van der Waals surface area contributed by atoms with Gasteiger partial charge in [0, 0.05) is 20.9 Å². The van der Waals surface area contributed by atoms with Gasteiger partial charge >= 0.3 is 0 Å². The van der Waals surface area contributed by atoms with E-state index in [0.29, 0.717) is 5.92 Å². The van der Waals surface area contributed by atoms with Gasteiger partial charge in [-0.3, -0.25) is 0 Å². The summed E-state index contributed by atoms with van der Waals surface area (Å²) in [6.45, 7) is 0.995. The number of aliphatic hydroxyl groups is 1. The molecule has 1 unspecified atom stereocenters. The molecular formula is C21H25NOS. The second kappa shape index (κ2) is 6.21. The lowest BCUT2D eigenvalue weighted by Gasteiger charge is -2.37. The lowest BCUT2D eigenvalue weighted by molar-refractivity contribution is 0.0599. The van der Waals surface area contributed by atoms with Crippen LogP contribution in [0, 0.1) is 0 Å². The Morgan fingerprint density at radius 3 is 2.58 bits per heavy atom. The van der Waals surface area contributed by atoms with E-state index in [4.69, 9.17) is 0 Å². The molecule has 2 aromatic rings. The molecule has 1 saturated carbocycles. The van der Waals surface area contributed by atoms with Crippen LogP contribution in [0.2, 0.25) is 0 Å². The lowest BCUT2D eigenvalue weighted by Crippen LogP contribution is -2.32. The van der Waals surface area contributed by atoms with Crippen LogP contribution in [-0.2, 0) is 5.60 Å². The summed E-state index contributed by atoms with van der Waals surface area (Å²) < 4.78 is 0. The molecule has 1 fully saturated rings. The van der Waals surface area contributed by atoms with Crippen molar-refractivity contribution in [3.63, 3.8) is 0 Å². The van der Waals surface area contributed by atoms with Gasteiger partial charge in [0.05, 0.1) is 0 Å². The first-order chi connectivity index (χ1) is 11.6. The Hall–Kier alpha value is -1.29. The number of hydrogen-bond acceptors (Lipinski definition) is 3. The Kier molecular flexibility index (Phi) is 4.19. The minimum absolute atomic E-state index is 0.712. The summed E-state index contributed by atoms with van der Waals surface area (Å²) in [5.41, 5.74) is 2.74. The van der Waals surface area contributed by atoms with E-state index in [1.807, 2.05) is 6.07 Å². The van der Waals surface area contributed by atoms with Gasteiger partial charge in [0.15, 0.2) is 0 Å². The lowest BCUT2D eigenvalue weighted by atomic mass is 9.81. The Bertz CT molecular complexity index is 753. The maximum absolute atomic E-state index is 11.8. The predicted octanol–water partition coefficient (Wildman–Crippen LogP) is 4.61. The first-order valence-corrected chi connectivity index (χ1v) is 9.68. The first kappa shape index (κ1) is 16.2. The fraction of sp³-hybridized carbons (Fsp3) is 0.429. The van der Waals surface area contributed by atoms with E-state index >= 15 is 0 Å². The smallest absolute Gasteiger partial charge is 0.117 e. The van der Waals surface area contributed by atoms with E-state index < -0.39 is 5.60 Å². The number of hydrogen-bond donors (Lipinski definition) is 1. The molecule has 1 aliphatic heterocycles. The molecule has 0 amide bonds. The van der Waals surface area contributed by atoms with Crippen LogP contribution in [0.5, 0.6) is 0 Å². The Labute approximate surface area is 148 Å². The Balaban J connectivity index is 1.76. The highest BCUT2D eigenvalue weighted by atomic mass is 32.2. The highest BCUT2D eigenvalue weighted by Crippen LogP contribution is 2.51. The molecule has 0 radical (unpaired) electrons. The minimum atomic E-state index is -0.863. The van der Waals surface area contributed by atoms with E-state index in [1.165, 1.54) is 28.2 Å². The van der Waals surface area contributed by atoms with Crippen LogP contribution >= 0.6 is 11.8 Å². The molecule has 0 spiro atoms. The highest BCUT2D eigenvalue weighted by molar-refractivity contribution is 7.99. The molecule has 24 heavy (non-hydrogen) atoms. The zero-order chi connectivity index (χ0) is 16.7. The van der Waals surface area contributed by atoms with Crippen molar-refractivity contribution < 1.29 is 5.11 Å². The van der Waals surface area contributed by atoms with Crippen molar-refractivity contribution in [2.24, 2.45) is 0 Å². The van der Waals surface area contributed by atoms with Crippen LogP contribution < -0.4 is 0 Å². The molecule has 0 bridgehead atoms. The third-order valence-electron chi connectivity index (χ3n) is 5.19. The van der Waals surface area contributed by atoms with Crippen LogP contribution in [0.4, 0.5) is 0 Å². The molecule has 1 aliphatic carbocycles. The normalized spacial score (nSPS) is 22.3. The second-order valence-corrected chi connectivity index (χ2v) is 8.48. The molecule has 1 atom stereocenters. The number of fused-ring (bicyclic) bond motifs is 2. The van der Waals surface area contributed by atoms with Crippen molar-refractivity contribution in [1.82, 2.24) is 4.90 Å². The fourth-order valence-electron chi connectivity index (χ4n) is 3.71. The standard InChI is InChI=1S/C21H25NOS/c1-22(2)13-5-12-21(23)17-6-3-4-7-19(17)24-20-11-10-16(14-18(20)21)15-8-9-15/h3-4,6-7,10-11,14-15,23H,5,8-9,12-13H2,1-2H3. The van der Waals surface area contributed by atoms with E-state index in [-0.39, 0.29) is 0 Å². The van der Waals surface area contributed by atoms with E-state index in [0.717, 1.165) is 30.5 Å². The molecule has 1 heterocycles. The van der Waals surface area contributed by atoms with Crippen molar-refractivity contribution in [1.29, 1.82) is 0 Å². The fourth-order valence-corrected chi connectivity index (χ4v) is 4.92. The zero-order valence-electron chi connectivity index (χ0n) is 14.5. The zero-order valence-corrected chi connectivity index (χ0v) is 15.3. The van der Waals surface area contributed by atoms with Crippen molar-refractivity contribution in [2.45, 2.75) is 47.0 Å². The van der Waals surface area contributed by atoms with Gasteiger partial charge in [0.1, 0.15) is 5.60 Å². The van der Waals surface area contributed by atoms with Gasteiger partial charge in [0.25, 0.3) is 0 Å². The Morgan fingerprint density at radius 1 is 1.08 bits per heavy atom. The van der Waals surface area contributed by atoms with Gasteiger partial charge in [0.2, 0.25) is 0 Å². The van der Waals surface area contributed by atoms with Crippen LogP contribution in [0.1, 0.15) is 48.3 Å². The molecule has 2 aromatic carbocycles. The van der Waals surface area contributed by atoms with Crippen LogP contribution in [0.3, 0.4) is 0 Å². The van der Waals surface area contributed by atoms with Gasteiger partial charge in [-0.2, -0.15) is 0 Å². The summed E-state index contributed by atoms with van der Waals surface area (Å²) in [6, 6.07) is 15.1. The molecule has 3 heteroatoms. The topological polar surface area (TPSA) is 23.5 Å². The SMILES string of the molecule is CN(C)CCCC1(O)c2ccccc2Sc2ccc(C3CC3)cc21. The summed E-state index contributed by atoms with van der Waals surface area (Å²) in [5.74, 6) is 0.712. The van der Waals surface area contributed by atoms with Gasteiger partial charge in [-0.1, -0.05) is 42.1 Å². The van der Waals surface area contributed by atoms with Gasteiger partial charge < -0.3 is 10.0 Å². The average Bonchev–Trinajstić information content (AvgIpc) is 3.40. The maximum atomic E-state index is 11.8. The summed E-state index contributed by atoms with van der Waals surface area (Å²) in [7, 11) is 4.18. The number of rotatable bonds is 5. The molecule has 126 valence electrons. The highest BCUT2D eigenvalue weighted by Gasteiger charge is 2.39. The van der Waals surface area contributed by atoms with Crippen molar-refractivity contribution in [3.8, 4) is 0 Å². The second-order valence-electron chi connectivity index (χ2n) is 7.40. The van der Waals surface area contributed by atoms with Crippen molar-refractivity contribution in [3.05, 3.63) is 59.2 Å². The number of nitrogens with zero attached hydrogens (tertiary/aromatic N) is 1. The predicted molar refractivity (Wildman–Crippen MR) is 99.8 cm³/mol. The van der Waals surface area contributed by atoms with E-state index in [9.17, 15) is 5.11 Å². The molecule has 2 aliphatic rings. The average molecular weight is 340 g/mol. The first-order valence-electron chi connectivity index (χ1n) is 8.87. The third kappa shape index (κ3) is 2.90. The summed E-state index contributed by atoms with van der Waals surface area (Å²) in [4.78, 5) is 4.59. The van der Waals surface area contributed by atoms with E-state index in [1.54, 1.807) is 11.8 Å². The van der Waals surface area contributed by atoms with E-state index in [2.05, 4.69) is 55.4 Å². The third-order valence-corrected chi connectivity index (χ3v) is 6.35. The molecule has 4 rings (SSSR count). The van der Waals surface area contributed by atoms with Gasteiger partial charge in [-0.15, -0.1) is 0 Å². The maximum Gasteiger partial charge on any atom is 0.117 e. The summed E-state index contributed by atoms with van der Waals surface area (Å²) in [6.07, 6.45) is 4.34. The largest absolute Gasteiger partial charge is 0.380 e. The van der Waals surface area contributed by atoms with Gasteiger partial charge in [-0.05, 0) is 69.9 Å². The van der Waals surface area contributed by atoms with Crippen molar-refractivity contribution in [2.75, 3.05) is 20.6 Å². The van der Waals surface area contributed by atoms with Crippen molar-refractivity contribution >= 4 is 11.8 Å². The quantitative estimate of drug-likeness (QED) is 0.861. The minimum Gasteiger partial charge on any atom is -0.380 e. The molecule has 0 saturated heterocycles. The Morgan fingerprint density at radius 2 is 1.83 bits per heavy atom. The molecular weight excluding hydrogens is 314 g/mol. The summed E-state index contributed by atoms with van der Waals surface area (Å²) in [5, 5.41) is 11.8. The number of benzene rings is 2. The summed E-state index contributed by atoms with van der Waals surface area (Å²) >= 11 is 1.79. The van der Waals surface area contributed by atoms with Gasteiger partial charge in [-0.25, -0.2) is 0 Å². The monoisotopic (exact) mass is 339 g/mol. The van der Waals surface area contributed by atoms with Crippen LogP contribution in [0.25, 0.3) is 0 Å². The molecule has 2 nitrogen and oxygen atoms in total. The van der Waals surface area contributed by atoms with Crippen LogP contribution in [-0.4, -0.2) is 30.6 Å². The van der Waals surface area contributed by atoms with Crippen LogP contribution in [0.15, 0.2) is 52.3 Å². The molecule has 0 aromatic heterocycles. The molecule has 1 N–H and O–H groups in total.